The van der Waals surface area contributed by atoms with Gasteiger partial charge in [0, 0.05) is 25.5 Å². The van der Waals surface area contributed by atoms with Crippen molar-refractivity contribution in [1.82, 2.24) is 34.7 Å². The van der Waals surface area contributed by atoms with Gasteiger partial charge in [0.15, 0.2) is 0 Å². The van der Waals surface area contributed by atoms with Gasteiger partial charge in [-0.05, 0) is 54.8 Å². The Hall–Kier alpha value is -2.42. The van der Waals surface area contributed by atoms with Crippen LogP contribution in [0.1, 0.15) is 33.9 Å². The zero-order valence-corrected chi connectivity index (χ0v) is 16.7. The average molecular weight is 420 g/mol. The van der Waals surface area contributed by atoms with Crippen molar-refractivity contribution < 1.29 is 4.79 Å². The molecule has 3 aromatic heterocycles. The van der Waals surface area contributed by atoms with Crippen molar-refractivity contribution in [3.8, 4) is 0 Å². The highest BCUT2D eigenvalue weighted by atomic mass is 79.9. The third kappa shape index (κ3) is 4.21. The summed E-state index contributed by atoms with van der Waals surface area (Å²) in [6.45, 7) is 7.75. The summed E-state index contributed by atoms with van der Waals surface area (Å²) in [5.41, 5.74) is 3.49. The van der Waals surface area contributed by atoms with Crippen molar-refractivity contribution in [2.24, 2.45) is 0 Å². The fraction of sp³-hybridized carbons (Fsp3) is 0.412. The number of aryl methyl sites for hydroxylation is 3. The molecule has 138 valence electrons. The van der Waals surface area contributed by atoms with E-state index < -0.39 is 0 Å². The lowest BCUT2D eigenvalue weighted by Crippen LogP contribution is -2.26. The number of nitrogens with zero attached hydrogens (tertiary/aromatic N) is 6. The van der Waals surface area contributed by atoms with E-state index >= 15 is 0 Å². The molecule has 3 rings (SSSR count). The van der Waals surface area contributed by atoms with Gasteiger partial charge in [0.2, 0.25) is 0 Å². The number of hydrogen-bond donors (Lipinski definition) is 1. The topological polar surface area (TPSA) is 82.6 Å². The van der Waals surface area contributed by atoms with Crippen LogP contribution in [-0.2, 0) is 13.2 Å². The van der Waals surface area contributed by atoms with Gasteiger partial charge in [0.25, 0.3) is 5.91 Å². The molecule has 0 saturated carbocycles. The van der Waals surface area contributed by atoms with Gasteiger partial charge >= 0.3 is 0 Å². The number of halogens is 1. The largest absolute Gasteiger partial charge is 0.351 e. The van der Waals surface area contributed by atoms with E-state index in [9.17, 15) is 4.79 Å². The summed E-state index contributed by atoms with van der Waals surface area (Å²) in [4.78, 5) is 12.2. The summed E-state index contributed by atoms with van der Waals surface area (Å²) in [5, 5.41) is 15.9. The average Bonchev–Trinajstić information content (AvgIpc) is 3.30. The van der Waals surface area contributed by atoms with Crippen LogP contribution in [0, 0.1) is 20.8 Å². The van der Waals surface area contributed by atoms with E-state index in [4.69, 9.17) is 0 Å². The second-order valence-corrected chi connectivity index (χ2v) is 7.05. The highest BCUT2D eigenvalue weighted by molar-refractivity contribution is 9.10. The lowest BCUT2D eigenvalue weighted by atomic mass is 10.3. The van der Waals surface area contributed by atoms with Crippen LogP contribution in [0.4, 0.5) is 0 Å². The molecule has 0 radical (unpaired) electrons. The monoisotopic (exact) mass is 419 g/mol. The minimum Gasteiger partial charge on any atom is -0.351 e. The maximum Gasteiger partial charge on any atom is 0.271 e. The molecular weight excluding hydrogens is 398 g/mol. The first-order valence-electron chi connectivity index (χ1n) is 8.44. The zero-order chi connectivity index (χ0) is 18.7. The van der Waals surface area contributed by atoms with Crippen molar-refractivity contribution in [3.63, 3.8) is 0 Å². The summed E-state index contributed by atoms with van der Waals surface area (Å²) >= 11 is 3.51. The maximum atomic E-state index is 12.2. The van der Waals surface area contributed by atoms with Gasteiger partial charge in [-0.2, -0.15) is 15.3 Å². The molecule has 0 spiro atoms. The Kier molecular flexibility index (Phi) is 5.55. The van der Waals surface area contributed by atoms with Crippen LogP contribution in [-0.4, -0.2) is 41.8 Å². The summed E-state index contributed by atoms with van der Waals surface area (Å²) in [6.07, 6.45) is 6.41. The second-order valence-electron chi connectivity index (χ2n) is 6.26. The first kappa shape index (κ1) is 18.4. The van der Waals surface area contributed by atoms with Crippen LogP contribution in [0.3, 0.4) is 0 Å². The zero-order valence-electron chi connectivity index (χ0n) is 15.1. The van der Waals surface area contributed by atoms with Gasteiger partial charge in [0.05, 0.1) is 22.1 Å². The summed E-state index contributed by atoms with van der Waals surface area (Å²) < 4.78 is 6.42. The number of rotatable bonds is 7. The van der Waals surface area contributed by atoms with Gasteiger partial charge in [-0.25, -0.2) is 4.68 Å². The third-order valence-electron chi connectivity index (χ3n) is 4.06. The van der Waals surface area contributed by atoms with Crippen molar-refractivity contribution in [1.29, 1.82) is 0 Å². The quantitative estimate of drug-likeness (QED) is 0.595. The highest BCUT2D eigenvalue weighted by Crippen LogP contribution is 2.19. The Morgan fingerprint density at radius 3 is 2.69 bits per heavy atom. The molecule has 1 N–H and O–H groups in total. The van der Waals surface area contributed by atoms with Gasteiger partial charge < -0.3 is 5.32 Å². The molecule has 0 aliphatic rings. The molecule has 0 aromatic carbocycles. The molecule has 0 fully saturated rings. The first-order valence-corrected chi connectivity index (χ1v) is 9.23. The van der Waals surface area contributed by atoms with Crippen molar-refractivity contribution in [3.05, 3.63) is 51.8 Å². The van der Waals surface area contributed by atoms with E-state index in [1.165, 1.54) is 0 Å². The summed E-state index contributed by atoms with van der Waals surface area (Å²) in [6, 6.07) is 1.72. The van der Waals surface area contributed by atoms with E-state index in [0.717, 1.165) is 34.4 Å². The number of hydrogen-bond acceptors (Lipinski definition) is 4. The number of nitrogens with one attached hydrogen (secondary N) is 1. The molecular formula is C17H22BrN7O. The Morgan fingerprint density at radius 2 is 2.04 bits per heavy atom. The predicted octanol–water partition coefficient (Wildman–Crippen LogP) is 2.29. The minimum atomic E-state index is -0.171. The molecule has 0 atom stereocenters. The molecule has 3 aromatic rings. The number of aromatic nitrogens is 6. The van der Waals surface area contributed by atoms with Crippen molar-refractivity contribution >= 4 is 21.8 Å². The SMILES string of the molecule is Cc1cnn(CCCNC(=O)c2ccn(Cn3nc(C)c(Br)c3C)n2)c1. The molecule has 1 amide bonds. The Morgan fingerprint density at radius 1 is 1.23 bits per heavy atom. The molecule has 9 heteroatoms. The van der Waals surface area contributed by atoms with Crippen LogP contribution in [0.15, 0.2) is 29.1 Å². The maximum absolute atomic E-state index is 12.2. The second kappa shape index (κ2) is 7.86. The Balaban J connectivity index is 1.50. The van der Waals surface area contributed by atoms with Crippen LogP contribution in [0.25, 0.3) is 0 Å². The third-order valence-corrected chi connectivity index (χ3v) is 5.20. The van der Waals surface area contributed by atoms with E-state index in [1.807, 2.05) is 42.5 Å². The van der Waals surface area contributed by atoms with E-state index in [-0.39, 0.29) is 5.91 Å². The standard InChI is InChI=1S/C17H22BrN7O/c1-12-9-20-23(10-12)7-4-6-19-17(26)15-5-8-24(22-15)11-25-14(3)16(18)13(2)21-25/h5,8-10H,4,6-7,11H2,1-3H3,(H,19,26). The predicted molar refractivity (Wildman–Crippen MR) is 101 cm³/mol. The van der Waals surface area contributed by atoms with Gasteiger partial charge in [0.1, 0.15) is 12.4 Å². The molecule has 0 aliphatic carbocycles. The van der Waals surface area contributed by atoms with Crippen molar-refractivity contribution in [2.75, 3.05) is 6.54 Å². The lowest BCUT2D eigenvalue weighted by molar-refractivity contribution is 0.0946. The van der Waals surface area contributed by atoms with Gasteiger partial charge in [-0.15, -0.1) is 0 Å². The van der Waals surface area contributed by atoms with E-state index in [1.54, 1.807) is 16.9 Å². The summed E-state index contributed by atoms with van der Waals surface area (Å²) in [7, 11) is 0. The molecule has 0 saturated heterocycles. The van der Waals surface area contributed by atoms with Crippen LogP contribution < -0.4 is 5.32 Å². The van der Waals surface area contributed by atoms with Gasteiger partial charge in [-0.1, -0.05) is 0 Å². The number of amides is 1. The molecule has 0 bridgehead atoms. The molecule has 26 heavy (non-hydrogen) atoms. The Labute approximate surface area is 160 Å². The lowest BCUT2D eigenvalue weighted by Gasteiger charge is -2.05. The molecule has 0 aliphatic heterocycles. The summed E-state index contributed by atoms with van der Waals surface area (Å²) in [5.74, 6) is -0.171. The van der Waals surface area contributed by atoms with Crippen LogP contribution in [0.5, 0.6) is 0 Å². The molecule has 0 unspecified atom stereocenters. The number of carbonyl (C=O) groups is 1. The smallest absolute Gasteiger partial charge is 0.271 e. The Bertz CT molecular complexity index is 908. The fourth-order valence-electron chi connectivity index (χ4n) is 2.63. The van der Waals surface area contributed by atoms with E-state index in [0.29, 0.717) is 18.9 Å². The van der Waals surface area contributed by atoms with E-state index in [2.05, 4.69) is 36.5 Å². The van der Waals surface area contributed by atoms with Crippen LogP contribution in [0.2, 0.25) is 0 Å². The van der Waals surface area contributed by atoms with Crippen LogP contribution >= 0.6 is 15.9 Å². The number of carbonyl (C=O) groups excluding carboxylic acids is 1. The fourth-order valence-corrected chi connectivity index (χ4v) is 2.92. The first-order chi connectivity index (χ1) is 12.4. The molecule has 8 nitrogen and oxygen atoms in total. The molecule has 3 heterocycles. The highest BCUT2D eigenvalue weighted by Gasteiger charge is 2.12. The normalized spacial score (nSPS) is 11.1. The van der Waals surface area contributed by atoms with Crippen molar-refractivity contribution in [2.45, 2.75) is 40.4 Å². The van der Waals surface area contributed by atoms with Gasteiger partial charge in [-0.3, -0.25) is 14.2 Å². The minimum absolute atomic E-state index is 0.171.